The number of aliphatic imine (C=N–C) groups is 1. The van der Waals surface area contributed by atoms with E-state index in [-0.39, 0.29) is 0 Å². The first-order valence-corrected chi connectivity index (χ1v) is 9.13. The summed E-state index contributed by atoms with van der Waals surface area (Å²) in [5.41, 5.74) is 1.22. The summed E-state index contributed by atoms with van der Waals surface area (Å²) < 4.78 is 7.85. The maximum Gasteiger partial charge on any atom is 0.191 e. The van der Waals surface area contributed by atoms with Crippen molar-refractivity contribution >= 4 is 5.96 Å². The number of benzene rings is 1. The van der Waals surface area contributed by atoms with Crippen LogP contribution in [-0.4, -0.2) is 36.8 Å². The number of hydrogen-bond acceptors (Lipinski definition) is 2. The van der Waals surface area contributed by atoms with Gasteiger partial charge in [0.25, 0.3) is 0 Å². The lowest BCUT2D eigenvalue weighted by Crippen LogP contribution is -2.38. The van der Waals surface area contributed by atoms with Gasteiger partial charge in [-0.2, -0.15) is 0 Å². The van der Waals surface area contributed by atoms with Gasteiger partial charge in [-0.3, -0.25) is 4.99 Å². The highest BCUT2D eigenvalue weighted by molar-refractivity contribution is 5.79. The Kier molecular flexibility index (Phi) is 9.26. The van der Waals surface area contributed by atoms with Crippen LogP contribution in [0.5, 0.6) is 0 Å². The maximum absolute atomic E-state index is 5.70. The summed E-state index contributed by atoms with van der Waals surface area (Å²) >= 11 is 0. The summed E-state index contributed by atoms with van der Waals surface area (Å²) in [6.07, 6.45) is 6.20. The number of nitrogens with one attached hydrogen (secondary N) is 2. The van der Waals surface area contributed by atoms with Crippen LogP contribution in [0.15, 0.2) is 59.9 Å². The van der Waals surface area contributed by atoms with Gasteiger partial charge in [0, 0.05) is 45.2 Å². The lowest BCUT2D eigenvalue weighted by molar-refractivity contribution is 0.117. The van der Waals surface area contributed by atoms with Gasteiger partial charge < -0.3 is 19.9 Å². The zero-order valence-corrected chi connectivity index (χ0v) is 15.2. The van der Waals surface area contributed by atoms with E-state index in [1.54, 1.807) is 0 Å². The predicted molar refractivity (Wildman–Crippen MR) is 104 cm³/mol. The van der Waals surface area contributed by atoms with Crippen LogP contribution in [0, 0.1) is 0 Å². The average Bonchev–Trinajstić information content (AvgIpc) is 3.15. The van der Waals surface area contributed by atoms with Gasteiger partial charge in [0.05, 0.1) is 6.61 Å². The van der Waals surface area contributed by atoms with Gasteiger partial charge in [-0.1, -0.05) is 30.3 Å². The average molecular weight is 342 g/mol. The lowest BCUT2D eigenvalue weighted by atomic mass is 10.2. The molecule has 0 fully saturated rings. The molecule has 0 amide bonds. The van der Waals surface area contributed by atoms with Crippen LogP contribution in [0.4, 0.5) is 0 Å². The third-order valence-electron chi connectivity index (χ3n) is 3.75. The minimum Gasteiger partial charge on any atom is -0.377 e. The molecule has 25 heavy (non-hydrogen) atoms. The van der Waals surface area contributed by atoms with Gasteiger partial charge in [0.1, 0.15) is 0 Å². The smallest absolute Gasteiger partial charge is 0.191 e. The molecule has 2 aromatic rings. The standard InChI is InChI=1S/C20H30N4O/c1-2-21-20(23-13-16-24-14-7-8-15-24)22-12-6-9-17-25-18-19-10-4-3-5-11-19/h3-5,7-8,10-11,14-15H,2,6,9,12-13,16-18H2,1H3,(H2,21,22,23). The molecular formula is C20H30N4O. The largest absolute Gasteiger partial charge is 0.377 e. The Balaban J connectivity index is 1.55. The fourth-order valence-electron chi connectivity index (χ4n) is 2.44. The number of ether oxygens (including phenoxy) is 1. The Labute approximate surface area is 151 Å². The fraction of sp³-hybridized carbons (Fsp3) is 0.450. The molecule has 0 unspecified atom stereocenters. The van der Waals surface area contributed by atoms with Crippen molar-refractivity contribution in [2.24, 2.45) is 4.99 Å². The molecule has 2 rings (SSSR count). The summed E-state index contributed by atoms with van der Waals surface area (Å²) in [7, 11) is 0. The van der Waals surface area contributed by atoms with E-state index >= 15 is 0 Å². The minimum absolute atomic E-state index is 0.688. The van der Waals surface area contributed by atoms with Gasteiger partial charge in [-0.15, -0.1) is 0 Å². The highest BCUT2D eigenvalue weighted by atomic mass is 16.5. The van der Waals surface area contributed by atoms with E-state index < -0.39 is 0 Å². The molecule has 0 spiro atoms. The van der Waals surface area contributed by atoms with Gasteiger partial charge >= 0.3 is 0 Å². The molecule has 0 aliphatic carbocycles. The summed E-state index contributed by atoms with van der Waals surface area (Å²) in [6.45, 7) is 7.03. The van der Waals surface area contributed by atoms with Crippen LogP contribution in [-0.2, 0) is 17.9 Å². The van der Waals surface area contributed by atoms with Crippen molar-refractivity contribution in [3.8, 4) is 0 Å². The molecule has 1 heterocycles. The van der Waals surface area contributed by atoms with Crippen molar-refractivity contribution < 1.29 is 4.74 Å². The molecule has 136 valence electrons. The molecule has 1 aromatic carbocycles. The van der Waals surface area contributed by atoms with E-state index in [0.29, 0.717) is 6.61 Å². The van der Waals surface area contributed by atoms with Crippen molar-refractivity contribution in [1.29, 1.82) is 0 Å². The zero-order chi connectivity index (χ0) is 17.6. The molecule has 1 aromatic heterocycles. The van der Waals surface area contributed by atoms with E-state index in [1.165, 1.54) is 5.56 Å². The number of hydrogen-bond donors (Lipinski definition) is 2. The van der Waals surface area contributed by atoms with Crippen molar-refractivity contribution in [2.75, 3.05) is 26.2 Å². The van der Waals surface area contributed by atoms with Crippen LogP contribution in [0.2, 0.25) is 0 Å². The number of nitrogens with zero attached hydrogens (tertiary/aromatic N) is 2. The molecule has 5 heteroatoms. The second kappa shape index (κ2) is 12.1. The van der Waals surface area contributed by atoms with Gasteiger partial charge in [0.15, 0.2) is 5.96 Å². The summed E-state index contributed by atoms with van der Waals surface area (Å²) in [6, 6.07) is 14.4. The molecule has 0 bridgehead atoms. The summed E-state index contributed by atoms with van der Waals surface area (Å²) in [5.74, 6) is 0.889. The van der Waals surface area contributed by atoms with Crippen LogP contribution in [0.3, 0.4) is 0 Å². The van der Waals surface area contributed by atoms with Crippen molar-refractivity contribution in [1.82, 2.24) is 15.2 Å². The number of aromatic nitrogens is 1. The summed E-state index contributed by atoms with van der Waals surface area (Å²) in [4.78, 5) is 4.62. The van der Waals surface area contributed by atoms with E-state index in [0.717, 1.165) is 51.6 Å². The molecule has 0 aliphatic rings. The Morgan fingerprint density at radius 3 is 2.60 bits per heavy atom. The van der Waals surface area contributed by atoms with Crippen molar-refractivity contribution in [3.05, 3.63) is 60.4 Å². The first-order valence-electron chi connectivity index (χ1n) is 9.13. The SMILES string of the molecule is CCNC(=NCCCCOCc1ccccc1)NCCn1cccc1. The molecule has 0 radical (unpaired) electrons. The molecule has 0 saturated heterocycles. The number of unbranched alkanes of at least 4 members (excludes halogenated alkanes) is 1. The van der Waals surface area contributed by atoms with Crippen LogP contribution < -0.4 is 10.6 Å². The quantitative estimate of drug-likeness (QED) is 0.375. The van der Waals surface area contributed by atoms with E-state index in [1.807, 2.05) is 30.3 Å². The monoisotopic (exact) mass is 342 g/mol. The highest BCUT2D eigenvalue weighted by Gasteiger charge is 1.97. The molecule has 0 aliphatic heterocycles. The maximum atomic E-state index is 5.70. The third kappa shape index (κ3) is 8.40. The van der Waals surface area contributed by atoms with Gasteiger partial charge in [0.2, 0.25) is 0 Å². The lowest BCUT2D eigenvalue weighted by Gasteiger charge is -2.11. The molecule has 0 atom stereocenters. The normalized spacial score (nSPS) is 11.5. The predicted octanol–water partition coefficient (Wildman–Crippen LogP) is 3.04. The van der Waals surface area contributed by atoms with Crippen LogP contribution in [0.25, 0.3) is 0 Å². The number of guanidine groups is 1. The van der Waals surface area contributed by atoms with Gasteiger partial charge in [-0.25, -0.2) is 0 Å². The van der Waals surface area contributed by atoms with E-state index in [2.05, 4.69) is 51.6 Å². The van der Waals surface area contributed by atoms with Crippen LogP contribution >= 0.6 is 0 Å². The van der Waals surface area contributed by atoms with Crippen molar-refractivity contribution in [3.63, 3.8) is 0 Å². The Morgan fingerprint density at radius 1 is 1.04 bits per heavy atom. The third-order valence-corrected chi connectivity index (χ3v) is 3.75. The Hall–Kier alpha value is -2.27. The Bertz CT molecular complexity index is 581. The molecule has 5 nitrogen and oxygen atoms in total. The molecule has 2 N–H and O–H groups in total. The molecule has 0 saturated carbocycles. The van der Waals surface area contributed by atoms with E-state index in [9.17, 15) is 0 Å². The first kappa shape index (κ1) is 19.1. The highest BCUT2D eigenvalue weighted by Crippen LogP contribution is 2.01. The zero-order valence-electron chi connectivity index (χ0n) is 15.2. The minimum atomic E-state index is 0.688. The number of rotatable bonds is 11. The second-order valence-corrected chi connectivity index (χ2v) is 5.85. The first-order chi connectivity index (χ1) is 12.4. The topological polar surface area (TPSA) is 50.6 Å². The fourth-order valence-corrected chi connectivity index (χ4v) is 2.44. The Morgan fingerprint density at radius 2 is 1.84 bits per heavy atom. The van der Waals surface area contributed by atoms with Crippen molar-refractivity contribution in [2.45, 2.75) is 32.9 Å². The van der Waals surface area contributed by atoms with Gasteiger partial charge in [-0.05, 0) is 37.5 Å². The second-order valence-electron chi connectivity index (χ2n) is 5.85. The molecular weight excluding hydrogens is 312 g/mol. The summed E-state index contributed by atoms with van der Waals surface area (Å²) in [5, 5.41) is 6.65. The van der Waals surface area contributed by atoms with Crippen LogP contribution in [0.1, 0.15) is 25.3 Å². The van der Waals surface area contributed by atoms with E-state index in [4.69, 9.17) is 4.74 Å².